The number of methoxy groups -OCH3 is 1. The summed E-state index contributed by atoms with van der Waals surface area (Å²) in [5.41, 5.74) is 2.06. The van der Waals surface area contributed by atoms with Gasteiger partial charge in [0.25, 0.3) is 0 Å². The highest BCUT2D eigenvalue weighted by atomic mass is 35.5. The number of rotatable bonds is 2. The first-order valence-electron chi connectivity index (χ1n) is 5.49. The molecule has 1 aromatic heterocycles. The quantitative estimate of drug-likeness (QED) is 0.814. The Morgan fingerprint density at radius 1 is 1.50 bits per heavy atom. The molecule has 0 saturated heterocycles. The molecule has 7 heteroatoms. The maximum atomic E-state index is 11.5. The zero-order valence-electron chi connectivity index (χ0n) is 10.6. The SMILES string of the molecule is COC(=O)[C@@H]1Cc2[nH]cnc2C(C(C)C)N1.Cl.Cl. The molecule has 0 saturated carbocycles. The smallest absolute Gasteiger partial charge is 0.323 e. The molecule has 1 aliphatic heterocycles. The fourth-order valence-electron chi connectivity index (χ4n) is 2.12. The number of hydrogen-bond donors (Lipinski definition) is 2. The van der Waals surface area contributed by atoms with Crippen LogP contribution in [0.5, 0.6) is 0 Å². The number of esters is 1. The highest BCUT2D eigenvalue weighted by molar-refractivity contribution is 5.85. The second-order valence-electron chi connectivity index (χ2n) is 4.43. The number of aromatic amines is 1. The molecule has 0 aliphatic carbocycles. The van der Waals surface area contributed by atoms with E-state index in [1.54, 1.807) is 6.33 Å². The van der Waals surface area contributed by atoms with Crippen molar-refractivity contribution in [3.63, 3.8) is 0 Å². The monoisotopic (exact) mass is 295 g/mol. The second-order valence-corrected chi connectivity index (χ2v) is 4.43. The Morgan fingerprint density at radius 3 is 2.72 bits per heavy atom. The van der Waals surface area contributed by atoms with Crippen LogP contribution < -0.4 is 5.32 Å². The lowest BCUT2D eigenvalue weighted by atomic mass is 9.92. The second kappa shape index (κ2) is 6.97. The minimum absolute atomic E-state index is 0. The van der Waals surface area contributed by atoms with Gasteiger partial charge in [0.15, 0.2) is 0 Å². The van der Waals surface area contributed by atoms with Gasteiger partial charge in [0.1, 0.15) is 6.04 Å². The van der Waals surface area contributed by atoms with E-state index in [4.69, 9.17) is 4.74 Å². The number of hydrogen-bond acceptors (Lipinski definition) is 4. The van der Waals surface area contributed by atoms with Crippen molar-refractivity contribution >= 4 is 30.8 Å². The van der Waals surface area contributed by atoms with Gasteiger partial charge in [-0.25, -0.2) is 4.98 Å². The van der Waals surface area contributed by atoms with E-state index in [9.17, 15) is 4.79 Å². The van der Waals surface area contributed by atoms with E-state index in [2.05, 4.69) is 29.1 Å². The number of carbonyl (C=O) groups is 1. The summed E-state index contributed by atoms with van der Waals surface area (Å²) in [6.07, 6.45) is 2.30. The number of ether oxygens (including phenoxy) is 1. The molecule has 0 amide bonds. The first-order chi connectivity index (χ1) is 7.63. The van der Waals surface area contributed by atoms with Crippen molar-refractivity contribution in [2.24, 2.45) is 5.92 Å². The van der Waals surface area contributed by atoms with E-state index in [-0.39, 0.29) is 42.9 Å². The van der Waals surface area contributed by atoms with E-state index in [0.717, 1.165) is 11.4 Å². The van der Waals surface area contributed by atoms with Gasteiger partial charge in [-0.2, -0.15) is 0 Å². The van der Waals surface area contributed by atoms with Gasteiger partial charge >= 0.3 is 5.97 Å². The summed E-state index contributed by atoms with van der Waals surface area (Å²) in [6, 6.07) is -0.163. The van der Waals surface area contributed by atoms with Crippen LogP contribution in [0.3, 0.4) is 0 Å². The first kappa shape index (κ1) is 17.2. The highest BCUT2D eigenvalue weighted by Gasteiger charge is 2.34. The molecule has 0 radical (unpaired) electrons. The minimum Gasteiger partial charge on any atom is -0.468 e. The van der Waals surface area contributed by atoms with Crippen molar-refractivity contribution < 1.29 is 9.53 Å². The lowest BCUT2D eigenvalue weighted by Gasteiger charge is -2.31. The Morgan fingerprint density at radius 2 is 2.17 bits per heavy atom. The molecule has 2 rings (SSSR count). The largest absolute Gasteiger partial charge is 0.468 e. The van der Waals surface area contributed by atoms with Gasteiger partial charge in [0.05, 0.1) is 25.2 Å². The molecule has 0 spiro atoms. The summed E-state index contributed by atoms with van der Waals surface area (Å²) in [7, 11) is 1.41. The van der Waals surface area contributed by atoms with Crippen LogP contribution in [0.25, 0.3) is 0 Å². The molecule has 0 fully saturated rings. The molecular formula is C11H19Cl2N3O2. The molecule has 1 unspecified atom stereocenters. The number of fused-ring (bicyclic) bond motifs is 1. The van der Waals surface area contributed by atoms with Gasteiger partial charge in [-0.3, -0.25) is 10.1 Å². The van der Waals surface area contributed by atoms with Crippen LogP contribution in [0.15, 0.2) is 6.33 Å². The molecule has 18 heavy (non-hydrogen) atoms. The van der Waals surface area contributed by atoms with Crippen LogP contribution in [0, 0.1) is 5.92 Å². The summed E-state index contributed by atoms with van der Waals surface area (Å²) >= 11 is 0. The highest BCUT2D eigenvalue weighted by Crippen LogP contribution is 2.28. The zero-order chi connectivity index (χ0) is 11.7. The zero-order valence-corrected chi connectivity index (χ0v) is 12.2. The summed E-state index contributed by atoms with van der Waals surface area (Å²) < 4.78 is 4.77. The Hall–Kier alpha value is -0.780. The van der Waals surface area contributed by atoms with E-state index < -0.39 is 0 Å². The van der Waals surface area contributed by atoms with Crippen LogP contribution in [-0.2, 0) is 16.0 Å². The first-order valence-corrected chi connectivity index (χ1v) is 5.49. The van der Waals surface area contributed by atoms with Crippen LogP contribution in [0.2, 0.25) is 0 Å². The Kier molecular flexibility index (Phi) is 6.67. The standard InChI is InChI=1S/C11H17N3O2.2ClH/c1-6(2)9-10-7(12-5-13-10)4-8(14-9)11(15)16-3;;/h5-6,8-9,14H,4H2,1-3H3,(H,12,13);2*1H/t8-,9?;;/m0../s1. The van der Waals surface area contributed by atoms with Crippen molar-refractivity contribution in [3.8, 4) is 0 Å². The molecule has 5 nitrogen and oxygen atoms in total. The van der Waals surface area contributed by atoms with Crippen molar-refractivity contribution in [1.82, 2.24) is 15.3 Å². The number of nitrogens with one attached hydrogen (secondary N) is 2. The van der Waals surface area contributed by atoms with E-state index in [1.165, 1.54) is 7.11 Å². The molecule has 2 atom stereocenters. The Labute approximate surface area is 119 Å². The van der Waals surface area contributed by atoms with Gasteiger partial charge < -0.3 is 9.72 Å². The topological polar surface area (TPSA) is 67.0 Å². The van der Waals surface area contributed by atoms with Crippen LogP contribution in [0.1, 0.15) is 31.3 Å². The summed E-state index contributed by atoms with van der Waals surface area (Å²) in [6.45, 7) is 4.21. The van der Waals surface area contributed by atoms with Crippen molar-refractivity contribution in [3.05, 3.63) is 17.7 Å². The number of nitrogens with zero attached hydrogens (tertiary/aromatic N) is 1. The molecule has 0 aromatic carbocycles. The van der Waals surface area contributed by atoms with Crippen molar-refractivity contribution in [2.75, 3.05) is 7.11 Å². The number of H-pyrrole nitrogens is 1. The van der Waals surface area contributed by atoms with Gasteiger partial charge in [0.2, 0.25) is 0 Å². The third-order valence-electron chi connectivity index (χ3n) is 2.99. The van der Waals surface area contributed by atoms with Crippen LogP contribution >= 0.6 is 24.8 Å². The number of aromatic nitrogens is 2. The fourth-order valence-corrected chi connectivity index (χ4v) is 2.12. The van der Waals surface area contributed by atoms with E-state index >= 15 is 0 Å². The summed E-state index contributed by atoms with van der Waals surface area (Å²) in [5, 5.41) is 3.29. The van der Waals surface area contributed by atoms with Crippen LogP contribution in [0.4, 0.5) is 0 Å². The third kappa shape index (κ3) is 3.16. The fraction of sp³-hybridized carbons (Fsp3) is 0.636. The molecular weight excluding hydrogens is 277 g/mol. The maximum Gasteiger partial charge on any atom is 0.323 e. The average Bonchev–Trinajstić information content (AvgIpc) is 2.74. The van der Waals surface area contributed by atoms with Gasteiger partial charge in [-0.1, -0.05) is 13.8 Å². The minimum atomic E-state index is -0.273. The molecule has 2 heterocycles. The Balaban J connectivity index is 0.00000144. The molecule has 104 valence electrons. The molecule has 1 aliphatic rings. The predicted molar refractivity (Wildman–Crippen MR) is 73.3 cm³/mol. The molecule has 0 bridgehead atoms. The summed E-state index contributed by atoms with van der Waals surface area (Å²) in [5.74, 6) is 0.167. The van der Waals surface area contributed by atoms with Crippen molar-refractivity contribution in [1.29, 1.82) is 0 Å². The number of carbonyl (C=O) groups excluding carboxylic acids is 1. The van der Waals surface area contributed by atoms with Crippen molar-refractivity contribution in [2.45, 2.75) is 32.4 Å². The Bertz CT molecular complexity index is 395. The number of imidazole rings is 1. The normalized spacial score (nSPS) is 21.6. The van der Waals surface area contributed by atoms with E-state index in [1.807, 2.05) is 0 Å². The van der Waals surface area contributed by atoms with Gasteiger partial charge in [0, 0.05) is 12.1 Å². The lowest BCUT2D eigenvalue weighted by Crippen LogP contribution is -2.46. The molecule has 2 N–H and O–H groups in total. The third-order valence-corrected chi connectivity index (χ3v) is 2.99. The molecule has 1 aromatic rings. The van der Waals surface area contributed by atoms with Crippen LogP contribution in [-0.4, -0.2) is 29.1 Å². The van der Waals surface area contributed by atoms with Gasteiger partial charge in [-0.05, 0) is 5.92 Å². The van der Waals surface area contributed by atoms with E-state index in [0.29, 0.717) is 12.3 Å². The average molecular weight is 296 g/mol. The summed E-state index contributed by atoms with van der Waals surface area (Å²) in [4.78, 5) is 18.9. The maximum absolute atomic E-state index is 11.5. The lowest BCUT2D eigenvalue weighted by molar-refractivity contribution is -0.143. The number of halogens is 2. The predicted octanol–water partition coefficient (Wildman–Crippen LogP) is 1.64. The van der Waals surface area contributed by atoms with Gasteiger partial charge in [-0.15, -0.1) is 24.8 Å².